The van der Waals surface area contributed by atoms with Gasteiger partial charge < -0.3 is 9.84 Å². The Balaban J connectivity index is 2.14. The SMILES string of the molecule is OC(Cc1c(F)cccc1Cl)C1=CCCO1. The van der Waals surface area contributed by atoms with Gasteiger partial charge >= 0.3 is 0 Å². The second-order valence-corrected chi connectivity index (χ2v) is 4.07. The molecule has 1 aromatic rings. The lowest BCUT2D eigenvalue weighted by Crippen LogP contribution is -2.15. The highest BCUT2D eigenvalue weighted by Crippen LogP contribution is 2.23. The molecule has 2 rings (SSSR count). The number of hydrogen-bond donors (Lipinski definition) is 1. The molecule has 0 saturated heterocycles. The van der Waals surface area contributed by atoms with Gasteiger partial charge in [-0.05, 0) is 18.2 Å². The summed E-state index contributed by atoms with van der Waals surface area (Å²) in [7, 11) is 0. The normalized spacial score (nSPS) is 16.8. The number of halogens is 2. The van der Waals surface area contributed by atoms with Gasteiger partial charge in [0.1, 0.15) is 17.7 Å². The van der Waals surface area contributed by atoms with Crippen LogP contribution >= 0.6 is 11.6 Å². The van der Waals surface area contributed by atoms with Crippen molar-refractivity contribution in [3.8, 4) is 0 Å². The molecule has 2 nitrogen and oxygen atoms in total. The summed E-state index contributed by atoms with van der Waals surface area (Å²) in [4.78, 5) is 0. The smallest absolute Gasteiger partial charge is 0.127 e. The first-order chi connectivity index (χ1) is 7.68. The molecule has 0 bridgehead atoms. The Bertz CT molecular complexity index is 397. The van der Waals surface area contributed by atoms with Crippen LogP contribution in [0.15, 0.2) is 30.0 Å². The first-order valence-electron chi connectivity index (χ1n) is 5.12. The van der Waals surface area contributed by atoms with Crippen LogP contribution < -0.4 is 0 Å². The van der Waals surface area contributed by atoms with Crippen molar-refractivity contribution in [2.45, 2.75) is 18.9 Å². The van der Waals surface area contributed by atoms with Crippen molar-refractivity contribution in [3.05, 3.63) is 46.4 Å². The quantitative estimate of drug-likeness (QED) is 0.883. The van der Waals surface area contributed by atoms with Crippen molar-refractivity contribution in [1.82, 2.24) is 0 Å². The molecule has 0 spiro atoms. The third-order valence-corrected chi connectivity index (χ3v) is 2.87. The standard InChI is InChI=1S/C12H12ClFO2/c13-9-3-1-4-10(14)8(9)7-11(15)12-5-2-6-16-12/h1,3-5,11,15H,2,6-7H2. The van der Waals surface area contributed by atoms with Crippen LogP contribution in [-0.2, 0) is 11.2 Å². The van der Waals surface area contributed by atoms with E-state index in [2.05, 4.69) is 0 Å². The molecular formula is C12H12ClFO2. The highest BCUT2D eigenvalue weighted by molar-refractivity contribution is 6.31. The van der Waals surface area contributed by atoms with E-state index in [0.717, 1.165) is 6.42 Å². The summed E-state index contributed by atoms with van der Waals surface area (Å²) in [5, 5.41) is 10.2. The largest absolute Gasteiger partial charge is 0.495 e. The molecule has 1 atom stereocenters. The molecular weight excluding hydrogens is 231 g/mol. The Kier molecular flexibility index (Phi) is 3.46. The van der Waals surface area contributed by atoms with Gasteiger partial charge in [-0.1, -0.05) is 17.7 Å². The van der Waals surface area contributed by atoms with E-state index in [1.807, 2.05) is 6.08 Å². The van der Waals surface area contributed by atoms with Crippen molar-refractivity contribution in [3.63, 3.8) is 0 Å². The molecule has 4 heteroatoms. The van der Waals surface area contributed by atoms with Gasteiger partial charge in [0.25, 0.3) is 0 Å². The molecule has 1 heterocycles. The number of ether oxygens (including phenoxy) is 1. The van der Waals surface area contributed by atoms with Crippen molar-refractivity contribution in [2.24, 2.45) is 0 Å². The fourth-order valence-electron chi connectivity index (χ4n) is 1.69. The summed E-state index contributed by atoms with van der Waals surface area (Å²) in [6, 6.07) is 4.48. The second kappa shape index (κ2) is 4.85. The van der Waals surface area contributed by atoms with Crippen LogP contribution in [0, 0.1) is 5.82 Å². The van der Waals surface area contributed by atoms with Gasteiger partial charge in [0.15, 0.2) is 0 Å². The Morgan fingerprint density at radius 3 is 2.94 bits per heavy atom. The summed E-state index contributed by atoms with van der Waals surface area (Å²) >= 11 is 5.87. The maximum absolute atomic E-state index is 13.4. The molecule has 1 aliphatic heterocycles. The van der Waals surface area contributed by atoms with E-state index in [1.165, 1.54) is 6.07 Å². The Morgan fingerprint density at radius 1 is 1.50 bits per heavy atom. The molecule has 1 aliphatic rings. The van der Waals surface area contributed by atoms with Gasteiger partial charge in [0, 0.05) is 23.4 Å². The van der Waals surface area contributed by atoms with E-state index in [1.54, 1.807) is 12.1 Å². The predicted octanol–water partition coefficient (Wildman–Crippen LogP) is 2.69. The van der Waals surface area contributed by atoms with E-state index in [4.69, 9.17) is 16.3 Å². The lowest BCUT2D eigenvalue weighted by Gasteiger charge is -2.13. The highest BCUT2D eigenvalue weighted by Gasteiger charge is 2.19. The van der Waals surface area contributed by atoms with Crippen LogP contribution in [0.5, 0.6) is 0 Å². The molecule has 1 N–H and O–H groups in total. The lowest BCUT2D eigenvalue weighted by molar-refractivity contribution is 0.117. The van der Waals surface area contributed by atoms with Crippen LogP contribution in [0.25, 0.3) is 0 Å². The maximum Gasteiger partial charge on any atom is 0.127 e. The second-order valence-electron chi connectivity index (χ2n) is 3.66. The zero-order valence-corrected chi connectivity index (χ0v) is 9.38. The summed E-state index contributed by atoms with van der Waals surface area (Å²) in [5.41, 5.74) is 0.327. The van der Waals surface area contributed by atoms with Gasteiger partial charge in [-0.2, -0.15) is 0 Å². The van der Waals surface area contributed by atoms with Gasteiger partial charge in [-0.15, -0.1) is 0 Å². The first kappa shape index (κ1) is 11.4. The molecule has 0 radical (unpaired) electrons. The van der Waals surface area contributed by atoms with Gasteiger partial charge in [0.05, 0.1) is 6.61 Å². The summed E-state index contributed by atoms with van der Waals surface area (Å²) in [6.45, 7) is 0.581. The highest BCUT2D eigenvalue weighted by atomic mass is 35.5. The van der Waals surface area contributed by atoms with Gasteiger partial charge in [-0.25, -0.2) is 4.39 Å². The molecule has 86 valence electrons. The Hall–Kier alpha value is -1.06. The van der Waals surface area contributed by atoms with E-state index in [-0.39, 0.29) is 6.42 Å². The fourth-order valence-corrected chi connectivity index (χ4v) is 1.93. The Morgan fingerprint density at radius 2 is 2.31 bits per heavy atom. The first-order valence-corrected chi connectivity index (χ1v) is 5.50. The van der Waals surface area contributed by atoms with Crippen LogP contribution in [0.3, 0.4) is 0 Å². The third kappa shape index (κ3) is 2.36. The number of benzene rings is 1. The summed E-state index contributed by atoms with van der Waals surface area (Å²) in [6.07, 6.45) is 1.92. The minimum Gasteiger partial charge on any atom is -0.495 e. The molecule has 0 amide bonds. The Labute approximate surface area is 98.3 Å². The van der Waals surface area contributed by atoms with E-state index >= 15 is 0 Å². The third-order valence-electron chi connectivity index (χ3n) is 2.52. The van der Waals surface area contributed by atoms with Crippen LogP contribution in [0.1, 0.15) is 12.0 Å². The average Bonchev–Trinajstić information content (AvgIpc) is 2.76. The molecule has 0 aliphatic carbocycles. The summed E-state index contributed by atoms with van der Waals surface area (Å²) in [5.74, 6) is 0.115. The zero-order chi connectivity index (χ0) is 11.5. The molecule has 16 heavy (non-hydrogen) atoms. The maximum atomic E-state index is 13.4. The van der Waals surface area contributed by atoms with Crippen molar-refractivity contribution >= 4 is 11.6 Å². The fraction of sp³-hybridized carbons (Fsp3) is 0.333. The zero-order valence-electron chi connectivity index (χ0n) is 8.62. The minimum atomic E-state index is -0.822. The molecule has 1 unspecified atom stereocenters. The van der Waals surface area contributed by atoms with E-state index in [9.17, 15) is 9.50 Å². The minimum absolute atomic E-state index is 0.136. The molecule has 0 fully saturated rings. The van der Waals surface area contributed by atoms with Crippen molar-refractivity contribution < 1.29 is 14.2 Å². The predicted molar refractivity (Wildman–Crippen MR) is 59.8 cm³/mol. The van der Waals surface area contributed by atoms with Gasteiger partial charge in [0.2, 0.25) is 0 Å². The monoisotopic (exact) mass is 242 g/mol. The van der Waals surface area contributed by atoms with Crippen LogP contribution in [-0.4, -0.2) is 17.8 Å². The average molecular weight is 243 g/mol. The molecule has 1 aromatic carbocycles. The number of aliphatic hydroxyl groups excluding tert-OH is 1. The van der Waals surface area contributed by atoms with Gasteiger partial charge in [-0.3, -0.25) is 0 Å². The van der Waals surface area contributed by atoms with E-state index in [0.29, 0.717) is 23.0 Å². The molecule has 0 aromatic heterocycles. The van der Waals surface area contributed by atoms with Crippen molar-refractivity contribution in [2.75, 3.05) is 6.61 Å². The van der Waals surface area contributed by atoms with Crippen LogP contribution in [0.2, 0.25) is 5.02 Å². The number of rotatable bonds is 3. The van der Waals surface area contributed by atoms with E-state index < -0.39 is 11.9 Å². The lowest BCUT2D eigenvalue weighted by atomic mass is 10.1. The number of hydrogen-bond acceptors (Lipinski definition) is 2. The van der Waals surface area contributed by atoms with Crippen molar-refractivity contribution in [1.29, 1.82) is 0 Å². The summed E-state index contributed by atoms with van der Waals surface area (Å²) < 4.78 is 18.7. The van der Waals surface area contributed by atoms with Crippen LogP contribution in [0.4, 0.5) is 4.39 Å². The molecule has 0 saturated carbocycles. The number of aliphatic hydroxyl groups is 1. The topological polar surface area (TPSA) is 29.5 Å².